The smallest absolute Gasteiger partial charge is 0.462 e. The summed E-state index contributed by atoms with van der Waals surface area (Å²) in [5.41, 5.74) is 0. The van der Waals surface area contributed by atoms with Crippen LogP contribution in [0, 0.1) is 11.8 Å². The number of ether oxygens (including phenoxy) is 4. The number of hydrogen-bond donors (Lipinski definition) is 3. The van der Waals surface area contributed by atoms with Gasteiger partial charge in [-0.3, -0.25) is 37.3 Å². The van der Waals surface area contributed by atoms with Gasteiger partial charge in [0.05, 0.1) is 26.4 Å². The van der Waals surface area contributed by atoms with Crippen LogP contribution in [0.5, 0.6) is 0 Å². The maximum absolute atomic E-state index is 13.1. The van der Waals surface area contributed by atoms with E-state index in [1.165, 1.54) is 257 Å². The van der Waals surface area contributed by atoms with Crippen molar-refractivity contribution in [3.8, 4) is 0 Å². The Hall–Kier alpha value is -1.94. The summed E-state index contributed by atoms with van der Waals surface area (Å²) in [5.74, 6) is -0.580. The molecule has 2 unspecified atom stereocenters. The topological polar surface area (TPSA) is 237 Å². The van der Waals surface area contributed by atoms with Gasteiger partial charge in [0.25, 0.3) is 0 Å². The van der Waals surface area contributed by atoms with Gasteiger partial charge in [-0.2, -0.15) is 0 Å². The van der Waals surface area contributed by atoms with Gasteiger partial charge in [0.1, 0.15) is 19.3 Å². The maximum atomic E-state index is 13.1. The van der Waals surface area contributed by atoms with E-state index in [2.05, 4.69) is 41.5 Å². The zero-order valence-corrected chi connectivity index (χ0v) is 68.7. The molecule has 0 spiro atoms. The maximum Gasteiger partial charge on any atom is 0.472 e. The summed E-state index contributed by atoms with van der Waals surface area (Å²) < 4.78 is 68.8. The molecule has 0 fully saturated rings. The highest BCUT2D eigenvalue weighted by molar-refractivity contribution is 7.47. The van der Waals surface area contributed by atoms with E-state index >= 15 is 0 Å². The number of carbonyl (C=O) groups is 4. The molecule has 0 aromatic heterocycles. The van der Waals surface area contributed by atoms with Crippen LogP contribution in [0.25, 0.3) is 0 Å². The molecule has 606 valence electrons. The predicted molar refractivity (Wildman–Crippen MR) is 418 cm³/mol. The molecule has 19 heteroatoms. The van der Waals surface area contributed by atoms with E-state index in [0.29, 0.717) is 25.7 Å². The van der Waals surface area contributed by atoms with Crippen LogP contribution in [0.3, 0.4) is 0 Å². The van der Waals surface area contributed by atoms with Crippen LogP contribution in [-0.2, 0) is 65.4 Å². The largest absolute Gasteiger partial charge is 0.472 e. The Labute approximate surface area is 626 Å². The van der Waals surface area contributed by atoms with Crippen molar-refractivity contribution < 1.29 is 80.2 Å². The van der Waals surface area contributed by atoms with Gasteiger partial charge in [-0.15, -0.1) is 0 Å². The molecule has 3 N–H and O–H groups in total. The highest BCUT2D eigenvalue weighted by Gasteiger charge is 2.30. The first-order valence-electron chi connectivity index (χ1n) is 43.0. The molecular formula is C83H162O17P2. The molecule has 17 nitrogen and oxygen atoms in total. The number of unbranched alkanes of at least 4 members (excludes halogenated alkanes) is 52. The van der Waals surface area contributed by atoms with Crippen molar-refractivity contribution in [1.82, 2.24) is 0 Å². The van der Waals surface area contributed by atoms with Gasteiger partial charge in [-0.1, -0.05) is 388 Å². The normalized spacial score (nSPS) is 13.9. The van der Waals surface area contributed by atoms with Crippen molar-refractivity contribution >= 4 is 39.5 Å². The number of phosphoric ester groups is 2. The lowest BCUT2D eigenvalue weighted by Crippen LogP contribution is -2.30. The molecule has 102 heavy (non-hydrogen) atoms. The molecule has 0 radical (unpaired) electrons. The van der Waals surface area contributed by atoms with Crippen molar-refractivity contribution in [1.29, 1.82) is 0 Å². The van der Waals surface area contributed by atoms with Crippen LogP contribution < -0.4 is 0 Å². The van der Waals surface area contributed by atoms with Crippen molar-refractivity contribution in [2.45, 2.75) is 458 Å². The Bertz CT molecular complexity index is 1960. The second kappa shape index (κ2) is 74.5. The highest BCUT2D eigenvalue weighted by Crippen LogP contribution is 2.45. The van der Waals surface area contributed by atoms with Crippen LogP contribution in [-0.4, -0.2) is 96.7 Å². The van der Waals surface area contributed by atoms with Crippen LogP contribution >= 0.6 is 15.6 Å². The first-order valence-corrected chi connectivity index (χ1v) is 46.0. The van der Waals surface area contributed by atoms with Crippen molar-refractivity contribution in [3.05, 3.63) is 0 Å². The van der Waals surface area contributed by atoms with Gasteiger partial charge in [0.15, 0.2) is 12.2 Å². The molecule has 0 amide bonds. The zero-order chi connectivity index (χ0) is 74.9. The fourth-order valence-electron chi connectivity index (χ4n) is 12.9. The van der Waals surface area contributed by atoms with Gasteiger partial charge in [-0.25, -0.2) is 9.13 Å². The second-order valence-electron chi connectivity index (χ2n) is 30.8. The minimum Gasteiger partial charge on any atom is -0.462 e. The van der Waals surface area contributed by atoms with E-state index in [4.69, 9.17) is 37.0 Å². The van der Waals surface area contributed by atoms with Gasteiger partial charge in [-0.05, 0) is 37.5 Å². The Morgan fingerprint density at radius 3 is 0.667 bits per heavy atom. The fourth-order valence-corrected chi connectivity index (χ4v) is 14.5. The summed E-state index contributed by atoms with van der Waals surface area (Å²) in [5, 5.41) is 10.7. The molecule has 0 aromatic rings. The van der Waals surface area contributed by atoms with E-state index in [1.807, 2.05) is 0 Å². The molecule has 0 heterocycles. The van der Waals surface area contributed by atoms with Crippen LogP contribution in [0.15, 0.2) is 0 Å². The Balaban J connectivity index is 5.22. The van der Waals surface area contributed by atoms with Crippen molar-refractivity contribution in [2.75, 3.05) is 39.6 Å². The molecule has 0 aromatic carbocycles. The third-order valence-corrected chi connectivity index (χ3v) is 21.4. The number of phosphoric acid groups is 2. The predicted octanol–water partition coefficient (Wildman–Crippen LogP) is 25.1. The minimum absolute atomic E-state index is 0.107. The molecule has 0 rings (SSSR count). The number of carbonyl (C=O) groups excluding carboxylic acids is 4. The Morgan fingerprint density at radius 2 is 0.451 bits per heavy atom. The van der Waals surface area contributed by atoms with E-state index < -0.39 is 97.5 Å². The van der Waals surface area contributed by atoms with Crippen LogP contribution in [0.2, 0.25) is 0 Å². The number of rotatable bonds is 82. The quantitative estimate of drug-likeness (QED) is 0.0222. The summed E-state index contributed by atoms with van der Waals surface area (Å²) >= 11 is 0. The second-order valence-corrected chi connectivity index (χ2v) is 33.7. The summed E-state index contributed by atoms with van der Waals surface area (Å²) in [4.78, 5) is 73.1. The lowest BCUT2D eigenvalue weighted by Gasteiger charge is -2.21. The average molecular weight is 1490 g/mol. The minimum atomic E-state index is -4.96. The van der Waals surface area contributed by atoms with E-state index in [-0.39, 0.29) is 25.7 Å². The molecule has 5 atom stereocenters. The van der Waals surface area contributed by atoms with E-state index in [9.17, 15) is 43.2 Å². The Morgan fingerprint density at radius 1 is 0.265 bits per heavy atom. The van der Waals surface area contributed by atoms with Crippen LogP contribution in [0.4, 0.5) is 0 Å². The number of esters is 4. The summed E-state index contributed by atoms with van der Waals surface area (Å²) in [6.45, 7) is 9.64. The molecular weight excluding hydrogens is 1330 g/mol. The summed E-state index contributed by atoms with van der Waals surface area (Å²) in [6, 6.07) is 0. The molecule has 0 aliphatic rings. The van der Waals surface area contributed by atoms with Crippen LogP contribution in [0.1, 0.15) is 440 Å². The zero-order valence-electron chi connectivity index (χ0n) is 66.9. The fraction of sp³-hybridized carbons (Fsp3) is 0.952. The Kier molecular flexibility index (Phi) is 73.1. The van der Waals surface area contributed by atoms with E-state index in [0.717, 1.165) is 102 Å². The lowest BCUT2D eigenvalue weighted by atomic mass is 10.0. The molecule has 0 bridgehead atoms. The summed E-state index contributed by atoms with van der Waals surface area (Å²) in [6.07, 6.45) is 65.3. The molecule has 0 saturated carbocycles. The van der Waals surface area contributed by atoms with Crippen molar-refractivity contribution in [3.63, 3.8) is 0 Å². The molecule has 0 aliphatic heterocycles. The first kappa shape index (κ1) is 100. The first-order chi connectivity index (χ1) is 49.4. The monoisotopic (exact) mass is 1490 g/mol. The third kappa shape index (κ3) is 76.3. The van der Waals surface area contributed by atoms with Gasteiger partial charge in [0, 0.05) is 25.7 Å². The molecule has 0 saturated heterocycles. The van der Waals surface area contributed by atoms with Gasteiger partial charge in [0.2, 0.25) is 0 Å². The average Bonchev–Trinajstić information content (AvgIpc) is 0.909. The summed E-state index contributed by atoms with van der Waals surface area (Å²) in [7, 11) is -9.92. The van der Waals surface area contributed by atoms with Crippen molar-refractivity contribution in [2.24, 2.45) is 11.8 Å². The molecule has 0 aliphatic carbocycles. The number of aliphatic hydroxyl groups is 1. The lowest BCUT2D eigenvalue weighted by molar-refractivity contribution is -0.161. The third-order valence-electron chi connectivity index (χ3n) is 19.5. The highest BCUT2D eigenvalue weighted by atomic mass is 31.2. The standard InChI is InChI=1S/C83H162O17P2/c1-7-9-11-13-15-17-19-21-22-23-24-25-26-27-28-29-31-37-43-50-56-62-68-83(88)99-78(71-93-80(85)65-59-53-47-41-35-33-32-34-39-45-51-57-63-75(3)4)73-97-101(89,90)95-69-77(84)70-96-102(91,92)98-74-79(72-94-81(86)66-60-54-48-44-38-40-46-52-58-64-76(5)6)100-82(87)67-61-55-49-42-36-30-20-18-16-14-12-10-8-2/h75-79,84H,7-74H2,1-6H3,(H,89,90)(H,91,92)/t77-,78-,79-/m1/s1. The number of aliphatic hydroxyl groups excluding tert-OH is 1. The van der Waals surface area contributed by atoms with Gasteiger partial charge >= 0.3 is 39.5 Å². The van der Waals surface area contributed by atoms with Gasteiger partial charge < -0.3 is 33.8 Å². The number of hydrogen-bond acceptors (Lipinski definition) is 15. The van der Waals surface area contributed by atoms with E-state index in [1.54, 1.807) is 0 Å². The SMILES string of the molecule is CCCCCCCCCCCCCCCCCCCCCCCCC(=O)O[C@H](COC(=O)CCCCCCCCCCCCCCC(C)C)COP(=O)(O)OC[C@@H](O)COP(=O)(O)OC[C@@H](COC(=O)CCCCCCCCCCCC(C)C)OC(=O)CCCCCCCCCCCCCCC.